The number of carbonyl (C=O) groups is 1. The summed E-state index contributed by atoms with van der Waals surface area (Å²) in [6, 6.07) is 0. The largest absolute Gasteiger partial charge is 0.756 e. The number of carbonyl (C=O) groups excluding carboxylic acids is 1. The number of quaternary nitrogens is 1. The van der Waals surface area contributed by atoms with Crippen molar-refractivity contribution < 1.29 is 37.3 Å². The fraction of sp³-hybridized carbons (Fsp3) is 0.800. The maximum absolute atomic E-state index is 12.6. The van der Waals surface area contributed by atoms with Gasteiger partial charge < -0.3 is 27.9 Å². The van der Waals surface area contributed by atoms with E-state index in [-0.39, 0.29) is 26.2 Å². The third-order valence-corrected chi connectivity index (χ3v) is 10.1. The summed E-state index contributed by atoms with van der Waals surface area (Å²) in [6.45, 7) is 5.21. The average molecular weight is 782 g/mol. The van der Waals surface area contributed by atoms with Gasteiger partial charge in [0.05, 0.1) is 34.4 Å². The highest BCUT2D eigenvalue weighted by Crippen LogP contribution is 2.38. The van der Waals surface area contributed by atoms with Gasteiger partial charge in [-0.3, -0.25) is 9.36 Å². The topological polar surface area (TPSA) is 94.1 Å². The number of unbranched alkanes of at least 4 members (excludes halogenated alkanes) is 18. The van der Waals surface area contributed by atoms with Crippen molar-refractivity contribution in [2.45, 2.75) is 180 Å². The Bertz CT molecular complexity index is 1000. The lowest BCUT2D eigenvalue weighted by Crippen LogP contribution is -2.37. The van der Waals surface area contributed by atoms with Crippen LogP contribution < -0.4 is 4.89 Å². The van der Waals surface area contributed by atoms with Crippen LogP contribution in [0, 0.1) is 0 Å². The summed E-state index contributed by atoms with van der Waals surface area (Å²) in [5.41, 5.74) is 0. The summed E-state index contributed by atoms with van der Waals surface area (Å²) in [5.74, 6) is -0.412. The lowest BCUT2D eigenvalue weighted by molar-refractivity contribution is -0.870. The van der Waals surface area contributed by atoms with Gasteiger partial charge in [-0.25, -0.2) is 0 Å². The maximum Gasteiger partial charge on any atom is 0.306 e. The fourth-order valence-electron chi connectivity index (χ4n) is 5.80. The molecule has 0 saturated carbocycles. The second kappa shape index (κ2) is 38.3. The summed E-state index contributed by atoms with van der Waals surface area (Å²) in [6.07, 6.45) is 45.8. The molecule has 0 aromatic rings. The molecule has 0 aliphatic heterocycles. The highest BCUT2D eigenvalue weighted by molar-refractivity contribution is 7.45. The van der Waals surface area contributed by atoms with Crippen molar-refractivity contribution in [1.29, 1.82) is 0 Å². The van der Waals surface area contributed by atoms with Crippen LogP contribution in [-0.4, -0.2) is 70.7 Å². The molecule has 0 aromatic carbocycles. The van der Waals surface area contributed by atoms with Crippen LogP contribution >= 0.6 is 7.82 Å². The van der Waals surface area contributed by atoms with Gasteiger partial charge in [-0.05, 0) is 38.5 Å². The predicted molar refractivity (Wildman–Crippen MR) is 226 cm³/mol. The van der Waals surface area contributed by atoms with E-state index in [0.717, 1.165) is 38.5 Å². The van der Waals surface area contributed by atoms with Gasteiger partial charge in [0.2, 0.25) is 0 Å². The molecule has 0 rings (SSSR count). The Morgan fingerprint density at radius 1 is 0.593 bits per heavy atom. The highest BCUT2D eigenvalue weighted by Gasteiger charge is 2.20. The molecule has 2 atom stereocenters. The van der Waals surface area contributed by atoms with Crippen LogP contribution in [0.25, 0.3) is 0 Å². The molecule has 0 fully saturated rings. The molecule has 0 spiro atoms. The SMILES string of the molecule is CC/C=C\C/C=C\C/C=C\C/C=C\CCC(=O)OC(COCCCCCCCCCCCCCCCCCCCCC)COP(=O)([O-])OCC[N+](C)(C)C. The van der Waals surface area contributed by atoms with Crippen LogP contribution in [0.5, 0.6) is 0 Å². The maximum atomic E-state index is 12.6. The van der Waals surface area contributed by atoms with Gasteiger partial charge in [0.1, 0.15) is 19.3 Å². The van der Waals surface area contributed by atoms with Crippen molar-refractivity contribution in [2.75, 3.05) is 54.1 Å². The van der Waals surface area contributed by atoms with E-state index < -0.39 is 19.9 Å². The van der Waals surface area contributed by atoms with Crippen LogP contribution in [0.1, 0.15) is 174 Å². The van der Waals surface area contributed by atoms with Crippen LogP contribution in [-0.2, 0) is 27.9 Å². The van der Waals surface area contributed by atoms with E-state index in [1.165, 1.54) is 109 Å². The molecule has 0 aromatic heterocycles. The van der Waals surface area contributed by atoms with Crippen LogP contribution in [0.4, 0.5) is 0 Å². The molecule has 0 aliphatic rings. The molecule has 316 valence electrons. The van der Waals surface area contributed by atoms with E-state index in [4.69, 9.17) is 18.5 Å². The van der Waals surface area contributed by atoms with Gasteiger partial charge >= 0.3 is 5.97 Å². The second-order valence-electron chi connectivity index (χ2n) is 15.7. The first kappa shape index (κ1) is 52.5. The van der Waals surface area contributed by atoms with Gasteiger partial charge in [-0.2, -0.15) is 0 Å². The summed E-state index contributed by atoms with van der Waals surface area (Å²) >= 11 is 0. The molecule has 54 heavy (non-hydrogen) atoms. The first-order valence-corrected chi connectivity index (χ1v) is 23.3. The summed E-state index contributed by atoms with van der Waals surface area (Å²) in [7, 11) is 1.31. The minimum atomic E-state index is -4.54. The molecule has 0 N–H and O–H groups in total. The van der Waals surface area contributed by atoms with Crippen LogP contribution in [0.15, 0.2) is 48.6 Å². The molecular formula is C45H84NO7P. The van der Waals surface area contributed by atoms with E-state index in [2.05, 4.69) is 50.3 Å². The van der Waals surface area contributed by atoms with Crippen molar-refractivity contribution >= 4 is 13.8 Å². The lowest BCUT2D eigenvalue weighted by atomic mass is 10.0. The highest BCUT2D eigenvalue weighted by atomic mass is 31.2. The summed E-state index contributed by atoms with van der Waals surface area (Å²) in [4.78, 5) is 25.0. The van der Waals surface area contributed by atoms with Gasteiger partial charge in [0.25, 0.3) is 7.82 Å². The monoisotopic (exact) mass is 782 g/mol. The van der Waals surface area contributed by atoms with Crippen molar-refractivity contribution in [3.8, 4) is 0 Å². The Hall–Kier alpha value is -1.54. The zero-order chi connectivity index (χ0) is 39.9. The molecule has 0 aliphatic carbocycles. The molecule has 0 bridgehead atoms. The third kappa shape index (κ3) is 41.6. The Labute approximate surface area is 333 Å². The lowest BCUT2D eigenvalue weighted by Gasteiger charge is -2.28. The van der Waals surface area contributed by atoms with E-state index in [9.17, 15) is 14.3 Å². The number of phosphoric ester groups is 1. The number of likely N-dealkylation sites (N-methyl/N-ethyl adjacent to an activating group) is 1. The van der Waals surface area contributed by atoms with Crippen molar-refractivity contribution in [3.63, 3.8) is 0 Å². The molecule has 8 nitrogen and oxygen atoms in total. The molecule has 9 heteroatoms. The van der Waals surface area contributed by atoms with Gasteiger partial charge in [-0.1, -0.05) is 178 Å². The minimum absolute atomic E-state index is 0.0134. The Morgan fingerprint density at radius 3 is 1.50 bits per heavy atom. The minimum Gasteiger partial charge on any atom is -0.756 e. The summed E-state index contributed by atoms with van der Waals surface area (Å²) in [5, 5.41) is 0. The number of nitrogens with zero attached hydrogens (tertiary/aromatic N) is 1. The Kier molecular flexibility index (Phi) is 37.2. The van der Waals surface area contributed by atoms with Crippen molar-refractivity contribution in [2.24, 2.45) is 0 Å². The first-order valence-electron chi connectivity index (χ1n) is 21.9. The normalized spacial score (nSPS) is 14.3. The molecule has 2 unspecified atom stereocenters. The van der Waals surface area contributed by atoms with Crippen molar-refractivity contribution in [3.05, 3.63) is 48.6 Å². The number of esters is 1. The van der Waals surface area contributed by atoms with E-state index in [1.54, 1.807) is 0 Å². The zero-order valence-corrected chi connectivity index (χ0v) is 36.6. The van der Waals surface area contributed by atoms with E-state index in [0.29, 0.717) is 24.1 Å². The standard InChI is InChI=1S/C45H84NO7P/c1-6-8-10-12-14-16-18-20-21-22-23-24-25-27-29-31-33-35-37-40-50-42-44(43-52-54(48,49)51-41-39-46(3,4)5)53-45(47)38-36-34-32-30-28-26-19-17-15-13-11-9-7-2/h9,11,15,17,26,28,32,34,44H,6-8,10,12-14,16,18-25,27,29-31,33,35-43H2,1-5H3/b11-9-,17-15-,28-26-,34-32-. The van der Waals surface area contributed by atoms with Crippen LogP contribution in [0.3, 0.4) is 0 Å². The number of allylic oxidation sites excluding steroid dienone is 8. The number of phosphoric acid groups is 1. The van der Waals surface area contributed by atoms with Gasteiger partial charge in [0, 0.05) is 13.0 Å². The number of rotatable bonds is 40. The molecule has 0 saturated heterocycles. The van der Waals surface area contributed by atoms with Gasteiger partial charge in [0.15, 0.2) is 0 Å². The van der Waals surface area contributed by atoms with E-state index >= 15 is 0 Å². The molecule has 0 amide bonds. The van der Waals surface area contributed by atoms with Crippen molar-refractivity contribution in [1.82, 2.24) is 0 Å². The predicted octanol–water partition coefficient (Wildman–Crippen LogP) is 12.1. The Balaban J connectivity index is 4.25. The van der Waals surface area contributed by atoms with Crippen LogP contribution in [0.2, 0.25) is 0 Å². The number of hydrogen-bond acceptors (Lipinski definition) is 7. The third-order valence-electron chi connectivity index (χ3n) is 9.16. The number of hydrogen-bond donors (Lipinski definition) is 0. The molecule has 0 heterocycles. The van der Waals surface area contributed by atoms with Gasteiger partial charge in [-0.15, -0.1) is 0 Å². The molecule has 0 radical (unpaired) electrons. The Morgan fingerprint density at radius 2 is 1.04 bits per heavy atom. The smallest absolute Gasteiger partial charge is 0.306 e. The second-order valence-corrected chi connectivity index (χ2v) is 17.1. The quantitative estimate of drug-likeness (QED) is 0.0201. The van der Waals surface area contributed by atoms with E-state index in [1.807, 2.05) is 33.3 Å². The zero-order valence-electron chi connectivity index (χ0n) is 35.7. The number of ether oxygens (including phenoxy) is 2. The molecular weight excluding hydrogens is 697 g/mol. The fourth-order valence-corrected chi connectivity index (χ4v) is 6.52. The first-order chi connectivity index (χ1) is 26.1. The summed E-state index contributed by atoms with van der Waals surface area (Å²) < 4.78 is 34.5. The average Bonchev–Trinajstić information content (AvgIpc) is 3.12.